The van der Waals surface area contributed by atoms with E-state index >= 15 is 0 Å². The van der Waals surface area contributed by atoms with Gasteiger partial charge >= 0.3 is 0 Å². The van der Waals surface area contributed by atoms with Crippen molar-refractivity contribution in [3.8, 4) is 16.5 Å². The number of pyridine rings is 1. The largest absolute Gasteiger partial charge is 0.508 e. The second-order valence-electron chi connectivity index (χ2n) is 3.96. The molecule has 0 bridgehead atoms. The Hall–Kier alpha value is -1.66. The molecule has 0 spiro atoms. The summed E-state index contributed by atoms with van der Waals surface area (Å²) < 4.78 is 1.71. The molecule has 0 saturated carbocycles. The van der Waals surface area contributed by atoms with Crippen molar-refractivity contribution in [3.05, 3.63) is 34.9 Å². The molecule has 2 N–H and O–H groups in total. The summed E-state index contributed by atoms with van der Waals surface area (Å²) in [4.78, 5) is 9.00. The number of hydrogen-bond acceptors (Lipinski definition) is 5. The molecule has 0 radical (unpaired) electrons. The third-order valence-electron chi connectivity index (χ3n) is 2.71. The number of anilines is 1. The average molecular weight is 336 g/mol. The molecule has 0 aliphatic carbocycles. The van der Waals surface area contributed by atoms with Gasteiger partial charge in [0.15, 0.2) is 0 Å². The van der Waals surface area contributed by atoms with E-state index in [9.17, 15) is 5.11 Å². The maximum Gasteiger partial charge on any atom is 0.143 e. The van der Waals surface area contributed by atoms with Crippen LogP contribution in [0.4, 0.5) is 5.69 Å². The van der Waals surface area contributed by atoms with Crippen LogP contribution in [0.25, 0.3) is 20.9 Å². The van der Waals surface area contributed by atoms with Gasteiger partial charge in [-0.1, -0.05) is 0 Å². The number of nitrogens with one attached hydrogen (secondary N) is 1. The van der Waals surface area contributed by atoms with Crippen LogP contribution in [-0.2, 0) is 0 Å². The summed E-state index contributed by atoms with van der Waals surface area (Å²) in [5.74, 6) is 0.252. The molecule has 0 amide bonds. The van der Waals surface area contributed by atoms with Crippen molar-refractivity contribution in [3.63, 3.8) is 0 Å². The number of rotatable bonds is 2. The van der Waals surface area contributed by atoms with Gasteiger partial charge in [0.05, 0.1) is 15.9 Å². The van der Waals surface area contributed by atoms with E-state index in [0.717, 1.165) is 31.2 Å². The fraction of sp³-hybridized carbons (Fsp3) is 0.0769. The van der Waals surface area contributed by atoms with E-state index in [0.29, 0.717) is 0 Å². The molecule has 3 rings (SSSR count). The van der Waals surface area contributed by atoms with E-state index in [1.807, 2.05) is 25.2 Å². The zero-order valence-electron chi connectivity index (χ0n) is 10.0. The fourth-order valence-corrected chi connectivity index (χ4v) is 3.25. The van der Waals surface area contributed by atoms with Gasteiger partial charge in [-0.2, -0.15) is 0 Å². The highest BCUT2D eigenvalue weighted by Gasteiger charge is 2.10. The molecular weight excluding hydrogens is 326 g/mol. The van der Waals surface area contributed by atoms with Gasteiger partial charge in [0.1, 0.15) is 21.1 Å². The Bertz CT molecular complexity index is 757. The summed E-state index contributed by atoms with van der Waals surface area (Å²) in [6, 6.07) is 9.04. The number of phenolic OH excluding ortho intramolecular Hbond substituents is 1. The Morgan fingerprint density at radius 2 is 2.05 bits per heavy atom. The van der Waals surface area contributed by atoms with Gasteiger partial charge in [-0.05, 0) is 46.3 Å². The zero-order chi connectivity index (χ0) is 13.4. The molecule has 0 aliphatic heterocycles. The first-order chi connectivity index (χ1) is 9.17. The Morgan fingerprint density at radius 1 is 1.21 bits per heavy atom. The number of benzene rings is 1. The average Bonchev–Trinajstić information content (AvgIpc) is 2.81. The number of thiazole rings is 1. The number of nitrogens with zero attached hydrogens (tertiary/aromatic N) is 2. The number of aromatic nitrogens is 2. The Labute approximate surface area is 122 Å². The van der Waals surface area contributed by atoms with Crippen LogP contribution in [0.2, 0.25) is 0 Å². The van der Waals surface area contributed by atoms with Crippen LogP contribution in [0.1, 0.15) is 0 Å². The van der Waals surface area contributed by atoms with E-state index in [1.165, 1.54) is 11.3 Å². The summed E-state index contributed by atoms with van der Waals surface area (Å²) in [7, 11) is 1.85. The quantitative estimate of drug-likeness (QED) is 0.698. The molecule has 6 heteroatoms. The summed E-state index contributed by atoms with van der Waals surface area (Å²) in [5, 5.41) is 13.4. The molecule has 0 unspecified atom stereocenters. The molecule has 0 atom stereocenters. The van der Waals surface area contributed by atoms with Crippen molar-refractivity contribution in [2.45, 2.75) is 0 Å². The minimum absolute atomic E-state index is 0.252. The lowest BCUT2D eigenvalue weighted by molar-refractivity contribution is 0.476. The summed E-state index contributed by atoms with van der Waals surface area (Å²) in [6.45, 7) is 0. The lowest BCUT2D eigenvalue weighted by atomic mass is 10.3. The molecular formula is C13H10BrN3OS. The molecule has 1 aromatic carbocycles. The van der Waals surface area contributed by atoms with Crippen molar-refractivity contribution in [1.29, 1.82) is 0 Å². The van der Waals surface area contributed by atoms with Crippen LogP contribution in [0.15, 0.2) is 34.9 Å². The molecule has 2 heterocycles. The molecule has 0 fully saturated rings. The molecule has 2 aromatic heterocycles. The van der Waals surface area contributed by atoms with Gasteiger partial charge in [-0.15, -0.1) is 11.3 Å². The van der Waals surface area contributed by atoms with E-state index < -0.39 is 0 Å². The van der Waals surface area contributed by atoms with Gasteiger partial charge in [-0.25, -0.2) is 9.97 Å². The monoisotopic (exact) mass is 335 g/mol. The summed E-state index contributed by atoms with van der Waals surface area (Å²) in [5.41, 5.74) is 2.61. The smallest absolute Gasteiger partial charge is 0.143 e. The topological polar surface area (TPSA) is 58.0 Å². The molecule has 0 aliphatic rings. The third kappa shape index (κ3) is 2.29. The number of phenols is 1. The highest BCUT2D eigenvalue weighted by atomic mass is 79.9. The van der Waals surface area contributed by atoms with Crippen LogP contribution >= 0.6 is 27.3 Å². The molecule has 4 nitrogen and oxygen atoms in total. The maximum absolute atomic E-state index is 9.47. The van der Waals surface area contributed by atoms with E-state index in [1.54, 1.807) is 12.1 Å². The van der Waals surface area contributed by atoms with E-state index in [2.05, 4.69) is 31.2 Å². The molecule has 3 aromatic rings. The van der Waals surface area contributed by atoms with E-state index in [4.69, 9.17) is 0 Å². The van der Waals surface area contributed by atoms with Crippen LogP contribution in [0, 0.1) is 0 Å². The van der Waals surface area contributed by atoms with Gasteiger partial charge in [0.2, 0.25) is 0 Å². The van der Waals surface area contributed by atoms with Gasteiger partial charge < -0.3 is 10.4 Å². The second kappa shape index (κ2) is 4.79. The van der Waals surface area contributed by atoms with Crippen LogP contribution in [-0.4, -0.2) is 22.1 Å². The van der Waals surface area contributed by atoms with E-state index in [-0.39, 0.29) is 5.75 Å². The molecule has 19 heavy (non-hydrogen) atoms. The lowest BCUT2D eigenvalue weighted by Gasteiger charge is -2.03. The first-order valence-corrected chi connectivity index (χ1v) is 7.22. The summed E-state index contributed by atoms with van der Waals surface area (Å²) >= 11 is 4.94. The third-order valence-corrected chi connectivity index (χ3v) is 4.35. The zero-order valence-corrected chi connectivity index (χ0v) is 12.4. The van der Waals surface area contributed by atoms with Crippen molar-refractivity contribution >= 4 is 43.2 Å². The Balaban J connectivity index is 2.11. The van der Waals surface area contributed by atoms with Crippen molar-refractivity contribution in [2.24, 2.45) is 0 Å². The number of hydrogen-bond donors (Lipinski definition) is 2. The predicted molar refractivity (Wildman–Crippen MR) is 81.8 cm³/mol. The lowest BCUT2D eigenvalue weighted by Crippen LogP contribution is -1.92. The number of halogens is 1. The minimum Gasteiger partial charge on any atom is -0.508 e. The molecule has 96 valence electrons. The van der Waals surface area contributed by atoms with Gasteiger partial charge in [0, 0.05) is 7.05 Å². The molecule has 0 saturated heterocycles. The maximum atomic E-state index is 9.47. The second-order valence-corrected chi connectivity index (χ2v) is 5.74. The standard InChI is InChI=1S/C13H10BrN3OS/c1-15-9-4-5-10(16-12(9)14)13-17-8-3-2-7(18)6-11(8)19-13/h2-6,15,18H,1H3. The normalized spacial score (nSPS) is 10.8. The summed E-state index contributed by atoms with van der Waals surface area (Å²) in [6.07, 6.45) is 0. The minimum atomic E-state index is 0.252. The Kier molecular flexibility index (Phi) is 3.12. The van der Waals surface area contributed by atoms with Crippen molar-refractivity contribution < 1.29 is 5.11 Å². The van der Waals surface area contributed by atoms with Gasteiger partial charge in [0.25, 0.3) is 0 Å². The highest BCUT2D eigenvalue weighted by molar-refractivity contribution is 9.10. The van der Waals surface area contributed by atoms with Crippen molar-refractivity contribution in [1.82, 2.24) is 9.97 Å². The van der Waals surface area contributed by atoms with Crippen LogP contribution in [0.5, 0.6) is 5.75 Å². The fourth-order valence-electron chi connectivity index (χ4n) is 1.76. The van der Waals surface area contributed by atoms with Gasteiger partial charge in [-0.3, -0.25) is 0 Å². The Morgan fingerprint density at radius 3 is 2.79 bits per heavy atom. The number of fused-ring (bicyclic) bond motifs is 1. The first kappa shape index (κ1) is 12.4. The number of aromatic hydroxyl groups is 1. The SMILES string of the molecule is CNc1ccc(-c2nc3ccc(O)cc3s2)nc1Br. The highest BCUT2D eigenvalue weighted by Crippen LogP contribution is 2.32. The van der Waals surface area contributed by atoms with Crippen LogP contribution in [0.3, 0.4) is 0 Å². The first-order valence-electron chi connectivity index (χ1n) is 5.61. The van der Waals surface area contributed by atoms with Crippen molar-refractivity contribution in [2.75, 3.05) is 12.4 Å². The predicted octanol–water partition coefficient (Wildman–Crippen LogP) is 3.87. The van der Waals surface area contributed by atoms with Crippen LogP contribution < -0.4 is 5.32 Å².